The molecule has 4 aromatic rings. The first-order valence-electron chi connectivity index (χ1n) is 17.0. The van der Waals surface area contributed by atoms with Crippen molar-refractivity contribution in [1.29, 1.82) is 0 Å². The summed E-state index contributed by atoms with van der Waals surface area (Å²) in [4.78, 5) is 2.43. The van der Waals surface area contributed by atoms with Gasteiger partial charge in [0.2, 0.25) is 0 Å². The molecule has 0 radical (unpaired) electrons. The van der Waals surface area contributed by atoms with E-state index in [9.17, 15) is 0 Å². The molecule has 0 aliphatic heterocycles. The molecule has 0 heterocycles. The van der Waals surface area contributed by atoms with Crippen molar-refractivity contribution in [3.05, 3.63) is 113 Å². The quantitative estimate of drug-likeness (QED) is 0.104. The summed E-state index contributed by atoms with van der Waals surface area (Å²) in [5.41, 5.74) is 9.65. The molecular weight excluding hydrogens is 586 g/mol. The maximum absolute atomic E-state index is 3.87. The Balaban J connectivity index is 1.56. The van der Waals surface area contributed by atoms with Gasteiger partial charge in [-0.25, -0.2) is 0 Å². The summed E-state index contributed by atoms with van der Waals surface area (Å²) < 4.78 is 1.20. The van der Waals surface area contributed by atoms with Crippen LogP contribution in [0.1, 0.15) is 115 Å². The fourth-order valence-corrected chi connectivity index (χ4v) is 7.63. The van der Waals surface area contributed by atoms with Gasteiger partial charge in [0.25, 0.3) is 0 Å². The van der Waals surface area contributed by atoms with E-state index in [1.165, 1.54) is 128 Å². The minimum absolute atomic E-state index is 0.0546. The molecule has 226 valence electrons. The molecule has 4 aromatic carbocycles. The van der Waals surface area contributed by atoms with Crippen molar-refractivity contribution in [2.75, 3.05) is 4.90 Å². The highest BCUT2D eigenvalue weighted by Crippen LogP contribution is 2.56. The highest BCUT2D eigenvalue weighted by molar-refractivity contribution is 9.10. The van der Waals surface area contributed by atoms with Gasteiger partial charge in [-0.3, -0.25) is 0 Å². The van der Waals surface area contributed by atoms with E-state index < -0.39 is 0 Å². The van der Waals surface area contributed by atoms with E-state index in [1.54, 1.807) is 5.56 Å². The smallest absolute Gasteiger partial charge is 0.0465 e. The van der Waals surface area contributed by atoms with Crippen LogP contribution in [0.25, 0.3) is 11.1 Å². The Labute approximate surface area is 269 Å². The van der Waals surface area contributed by atoms with Gasteiger partial charge >= 0.3 is 0 Å². The van der Waals surface area contributed by atoms with Gasteiger partial charge in [0.1, 0.15) is 0 Å². The van der Waals surface area contributed by atoms with E-state index in [0.29, 0.717) is 0 Å². The number of hydrogen-bond acceptors (Lipinski definition) is 1. The second kappa shape index (κ2) is 15.8. The second-order valence-electron chi connectivity index (χ2n) is 12.5. The molecule has 0 saturated carbocycles. The van der Waals surface area contributed by atoms with Crippen molar-refractivity contribution in [3.8, 4) is 11.1 Å². The third-order valence-corrected chi connectivity index (χ3v) is 10.0. The van der Waals surface area contributed by atoms with Crippen LogP contribution in [0, 0.1) is 0 Å². The first-order valence-corrected chi connectivity index (χ1v) is 17.8. The van der Waals surface area contributed by atoms with Crippen LogP contribution >= 0.6 is 15.9 Å². The number of rotatable bonds is 17. The molecule has 2 heteroatoms. The average molecular weight is 637 g/mol. The lowest BCUT2D eigenvalue weighted by atomic mass is 9.70. The van der Waals surface area contributed by atoms with Crippen LogP contribution in [0.4, 0.5) is 17.1 Å². The Morgan fingerprint density at radius 2 is 0.953 bits per heavy atom. The SMILES string of the molecule is CCCCCCCCC1(CCCCCCCC)c2cc(Br)ccc2-c2ccc(N(c3ccccc3)c3ccccc3)cc21. The van der Waals surface area contributed by atoms with E-state index in [0.717, 1.165) is 0 Å². The third kappa shape index (κ3) is 7.46. The van der Waals surface area contributed by atoms with Crippen molar-refractivity contribution >= 4 is 33.0 Å². The fraction of sp³-hybridized carbons (Fsp3) is 0.415. The zero-order valence-electron chi connectivity index (χ0n) is 26.5. The number of hydrogen-bond donors (Lipinski definition) is 0. The van der Waals surface area contributed by atoms with E-state index in [1.807, 2.05) is 0 Å². The molecule has 1 aliphatic carbocycles. The van der Waals surface area contributed by atoms with Crippen LogP contribution in [0.2, 0.25) is 0 Å². The molecule has 5 rings (SSSR count). The van der Waals surface area contributed by atoms with Gasteiger partial charge in [-0.2, -0.15) is 0 Å². The van der Waals surface area contributed by atoms with Crippen molar-refractivity contribution in [3.63, 3.8) is 0 Å². The minimum atomic E-state index is 0.0546. The molecule has 0 saturated heterocycles. The van der Waals surface area contributed by atoms with E-state index in [4.69, 9.17) is 0 Å². The van der Waals surface area contributed by atoms with E-state index >= 15 is 0 Å². The van der Waals surface area contributed by atoms with Crippen molar-refractivity contribution in [1.82, 2.24) is 0 Å². The summed E-state index contributed by atoms with van der Waals surface area (Å²) in [6.45, 7) is 4.62. The van der Waals surface area contributed by atoms with E-state index in [-0.39, 0.29) is 5.41 Å². The molecule has 0 bridgehead atoms. The molecule has 1 nitrogen and oxygen atoms in total. The van der Waals surface area contributed by atoms with Crippen LogP contribution in [0.15, 0.2) is 102 Å². The number of fused-ring (bicyclic) bond motifs is 3. The molecule has 0 atom stereocenters. The summed E-state index contributed by atoms with van der Waals surface area (Å²) in [5, 5.41) is 0. The molecule has 0 amide bonds. The van der Waals surface area contributed by atoms with Crippen LogP contribution in [-0.4, -0.2) is 0 Å². The number of halogens is 1. The first-order chi connectivity index (χ1) is 21.2. The van der Waals surface area contributed by atoms with Crippen molar-refractivity contribution < 1.29 is 0 Å². The number of unbranched alkanes of at least 4 members (excludes halogenated alkanes) is 10. The lowest BCUT2D eigenvalue weighted by molar-refractivity contribution is 0.398. The Bertz CT molecular complexity index is 1360. The largest absolute Gasteiger partial charge is 0.310 e. The zero-order chi connectivity index (χ0) is 29.9. The summed E-state index contributed by atoms with van der Waals surface area (Å²) >= 11 is 3.87. The van der Waals surface area contributed by atoms with Crippen LogP contribution < -0.4 is 4.90 Å². The monoisotopic (exact) mass is 635 g/mol. The van der Waals surface area contributed by atoms with Crippen LogP contribution in [-0.2, 0) is 5.41 Å². The minimum Gasteiger partial charge on any atom is -0.310 e. The molecule has 43 heavy (non-hydrogen) atoms. The van der Waals surface area contributed by atoms with Gasteiger partial charge < -0.3 is 4.90 Å². The molecule has 0 N–H and O–H groups in total. The van der Waals surface area contributed by atoms with Crippen LogP contribution in [0.5, 0.6) is 0 Å². The second-order valence-corrected chi connectivity index (χ2v) is 13.5. The van der Waals surface area contributed by atoms with Gasteiger partial charge in [0, 0.05) is 26.9 Å². The molecule has 0 spiro atoms. The number of nitrogens with zero attached hydrogens (tertiary/aromatic N) is 1. The Hall–Kier alpha value is -2.84. The molecule has 0 unspecified atom stereocenters. The lowest BCUT2D eigenvalue weighted by Gasteiger charge is -2.34. The summed E-state index contributed by atoms with van der Waals surface area (Å²) in [6.07, 6.45) is 18.5. The van der Waals surface area contributed by atoms with Crippen LogP contribution in [0.3, 0.4) is 0 Å². The standard InChI is InChI=1S/C41H50BrN/c1-3-5-7-9-11-19-29-41(30-20-12-10-8-6-4-2)39-31-33(42)25-27-37(39)38-28-26-36(32-40(38)41)43(34-21-15-13-16-22-34)35-23-17-14-18-24-35/h13-18,21-28,31-32H,3-12,19-20,29-30H2,1-2H3. The Morgan fingerprint density at radius 1 is 0.488 bits per heavy atom. The van der Waals surface area contributed by atoms with Crippen molar-refractivity contribution in [2.45, 2.75) is 109 Å². The predicted octanol–water partition coefficient (Wildman–Crippen LogP) is 13.7. The molecule has 0 aromatic heterocycles. The maximum atomic E-state index is 3.87. The number of benzene rings is 4. The van der Waals surface area contributed by atoms with Gasteiger partial charge in [0.05, 0.1) is 0 Å². The highest BCUT2D eigenvalue weighted by Gasteiger charge is 2.42. The lowest BCUT2D eigenvalue weighted by Crippen LogP contribution is -2.26. The Morgan fingerprint density at radius 3 is 1.49 bits per heavy atom. The molecule has 0 fully saturated rings. The maximum Gasteiger partial charge on any atom is 0.0465 e. The molecule has 1 aliphatic rings. The van der Waals surface area contributed by atoms with Gasteiger partial charge in [0.15, 0.2) is 0 Å². The van der Waals surface area contributed by atoms with Gasteiger partial charge in [-0.15, -0.1) is 0 Å². The van der Waals surface area contributed by atoms with E-state index in [2.05, 4.69) is 132 Å². The Kier molecular flexibility index (Phi) is 11.6. The highest BCUT2D eigenvalue weighted by atomic mass is 79.9. The zero-order valence-corrected chi connectivity index (χ0v) is 28.0. The van der Waals surface area contributed by atoms with Crippen molar-refractivity contribution in [2.24, 2.45) is 0 Å². The summed E-state index contributed by atoms with van der Waals surface area (Å²) in [7, 11) is 0. The summed E-state index contributed by atoms with van der Waals surface area (Å²) in [5.74, 6) is 0. The molecular formula is C41H50BrN. The topological polar surface area (TPSA) is 3.24 Å². The normalized spacial score (nSPS) is 13.1. The summed E-state index contributed by atoms with van der Waals surface area (Å²) in [6, 6.07) is 36.1. The number of para-hydroxylation sites is 2. The van der Waals surface area contributed by atoms with Gasteiger partial charge in [-0.1, -0.05) is 155 Å². The predicted molar refractivity (Wildman–Crippen MR) is 191 cm³/mol. The average Bonchev–Trinajstić information content (AvgIpc) is 3.30. The first kappa shape index (κ1) is 31.6. The number of anilines is 3. The third-order valence-electron chi connectivity index (χ3n) is 9.51. The van der Waals surface area contributed by atoms with Gasteiger partial charge in [-0.05, 0) is 83.6 Å². The fourth-order valence-electron chi connectivity index (χ4n) is 7.27.